The van der Waals surface area contributed by atoms with Gasteiger partial charge in [0.25, 0.3) is 11.7 Å². The molecule has 37 heavy (non-hydrogen) atoms. The number of amides is 1. The van der Waals surface area contributed by atoms with Gasteiger partial charge in [-0.25, -0.2) is 0 Å². The molecule has 1 aliphatic heterocycles. The van der Waals surface area contributed by atoms with E-state index >= 15 is 0 Å². The average molecular weight is 513 g/mol. The van der Waals surface area contributed by atoms with Gasteiger partial charge in [-0.1, -0.05) is 0 Å². The summed E-state index contributed by atoms with van der Waals surface area (Å²) in [5.41, 5.74) is 0.960. The minimum absolute atomic E-state index is 0.00153. The van der Waals surface area contributed by atoms with E-state index in [9.17, 15) is 14.7 Å². The molecule has 0 bridgehead atoms. The molecule has 9 heteroatoms. The highest BCUT2D eigenvalue weighted by atomic mass is 16.5. The van der Waals surface area contributed by atoms with E-state index in [1.165, 1.54) is 26.2 Å². The Balaban J connectivity index is 2.17. The third-order valence-corrected chi connectivity index (χ3v) is 6.05. The Morgan fingerprint density at radius 2 is 1.59 bits per heavy atom. The van der Waals surface area contributed by atoms with Crippen LogP contribution in [0.4, 0.5) is 0 Å². The highest BCUT2D eigenvalue weighted by molar-refractivity contribution is 6.46. The fourth-order valence-electron chi connectivity index (χ4n) is 4.39. The summed E-state index contributed by atoms with van der Waals surface area (Å²) in [7, 11) is 8.38. The van der Waals surface area contributed by atoms with Gasteiger partial charge in [0, 0.05) is 12.1 Å². The van der Waals surface area contributed by atoms with E-state index in [2.05, 4.69) is 0 Å². The van der Waals surface area contributed by atoms with Crippen LogP contribution in [-0.4, -0.2) is 81.2 Å². The number of carbonyl (C=O) groups excluding carboxylic acids is 2. The summed E-state index contributed by atoms with van der Waals surface area (Å²) in [6, 6.07) is 9.32. The Kier molecular flexibility index (Phi) is 9.04. The Labute approximate surface area is 218 Å². The maximum atomic E-state index is 13.3. The van der Waals surface area contributed by atoms with E-state index in [-0.39, 0.29) is 17.4 Å². The number of Topliss-reactive ketones (excluding diaryl/α,β-unsaturated/α-hetero) is 1. The summed E-state index contributed by atoms with van der Waals surface area (Å²) in [5, 5.41) is 11.3. The van der Waals surface area contributed by atoms with Crippen LogP contribution in [0, 0.1) is 0 Å². The van der Waals surface area contributed by atoms with Crippen molar-refractivity contribution in [2.45, 2.75) is 32.4 Å². The quantitative estimate of drug-likeness (QED) is 0.275. The Hall–Kier alpha value is -3.72. The first-order chi connectivity index (χ1) is 17.6. The van der Waals surface area contributed by atoms with E-state index in [0.717, 1.165) is 6.54 Å². The van der Waals surface area contributed by atoms with Crippen molar-refractivity contribution in [2.24, 2.45) is 0 Å². The molecule has 1 atom stereocenters. The summed E-state index contributed by atoms with van der Waals surface area (Å²) in [6.07, 6.45) is 0.634. The standard InChI is InChI=1S/C28H36N2O7/c1-17(2)37-20-11-9-18(10-12-20)25(31)23-24(30(28(33)26(23)32)14-8-13-29(3)4)19-15-21(34-5)27(36-7)22(16-19)35-6/h9-12,15-17,24,31H,8,13-14H2,1-7H3/b25-23-. The fraction of sp³-hybridized carbons (Fsp3) is 0.429. The number of rotatable bonds is 11. The van der Waals surface area contributed by atoms with Gasteiger partial charge in [-0.05, 0) is 82.9 Å². The number of hydrogen-bond acceptors (Lipinski definition) is 8. The van der Waals surface area contributed by atoms with Crippen LogP contribution >= 0.6 is 0 Å². The van der Waals surface area contributed by atoms with Crippen molar-refractivity contribution in [2.75, 3.05) is 48.5 Å². The van der Waals surface area contributed by atoms with E-state index in [0.29, 0.717) is 47.1 Å². The van der Waals surface area contributed by atoms with Crippen molar-refractivity contribution in [3.05, 3.63) is 53.1 Å². The number of hydrogen-bond donors (Lipinski definition) is 1. The zero-order valence-electron chi connectivity index (χ0n) is 22.5. The van der Waals surface area contributed by atoms with Crippen LogP contribution in [0.25, 0.3) is 5.76 Å². The second kappa shape index (κ2) is 12.0. The summed E-state index contributed by atoms with van der Waals surface area (Å²) in [6.45, 7) is 4.89. The molecule has 2 aromatic carbocycles. The predicted octanol–water partition coefficient (Wildman–Crippen LogP) is 3.87. The van der Waals surface area contributed by atoms with Gasteiger partial charge in [0.1, 0.15) is 11.5 Å². The molecular formula is C28H36N2O7. The molecule has 0 radical (unpaired) electrons. The zero-order valence-corrected chi connectivity index (χ0v) is 22.5. The van der Waals surface area contributed by atoms with Gasteiger partial charge in [0.2, 0.25) is 5.75 Å². The molecular weight excluding hydrogens is 476 g/mol. The second-order valence-electron chi connectivity index (χ2n) is 9.30. The first-order valence-electron chi connectivity index (χ1n) is 12.1. The third kappa shape index (κ3) is 5.99. The first kappa shape index (κ1) is 27.9. The molecule has 1 saturated heterocycles. The summed E-state index contributed by atoms with van der Waals surface area (Å²) >= 11 is 0. The third-order valence-electron chi connectivity index (χ3n) is 6.05. The van der Waals surface area contributed by atoms with Crippen molar-refractivity contribution in [1.82, 2.24) is 9.80 Å². The summed E-state index contributed by atoms with van der Waals surface area (Å²) in [5.74, 6) is 0.110. The van der Waals surface area contributed by atoms with Crippen molar-refractivity contribution >= 4 is 17.4 Å². The largest absolute Gasteiger partial charge is 0.507 e. The molecule has 3 rings (SSSR count). The molecule has 1 fully saturated rings. The molecule has 1 aliphatic rings. The number of likely N-dealkylation sites (tertiary alicyclic amines) is 1. The van der Waals surface area contributed by atoms with Crippen molar-refractivity contribution in [3.8, 4) is 23.0 Å². The molecule has 0 saturated carbocycles. The molecule has 1 N–H and O–H groups in total. The number of benzene rings is 2. The fourth-order valence-corrected chi connectivity index (χ4v) is 4.39. The van der Waals surface area contributed by atoms with Gasteiger partial charge in [-0.2, -0.15) is 0 Å². The molecule has 0 aliphatic carbocycles. The summed E-state index contributed by atoms with van der Waals surface area (Å²) < 4.78 is 22.2. The molecule has 0 spiro atoms. The molecule has 9 nitrogen and oxygen atoms in total. The SMILES string of the molecule is COc1cc(C2/C(=C(/O)c3ccc(OC(C)C)cc3)C(=O)C(=O)N2CCCN(C)C)cc(OC)c1OC. The monoisotopic (exact) mass is 512 g/mol. The second-order valence-corrected chi connectivity index (χ2v) is 9.30. The number of carbonyl (C=O) groups is 2. The van der Waals surface area contributed by atoms with Crippen molar-refractivity contribution < 1.29 is 33.6 Å². The van der Waals surface area contributed by atoms with Gasteiger partial charge in [0.15, 0.2) is 11.5 Å². The number of ether oxygens (including phenoxy) is 4. The minimum atomic E-state index is -0.845. The number of methoxy groups -OCH3 is 3. The van der Waals surface area contributed by atoms with E-state index in [1.54, 1.807) is 36.4 Å². The normalized spacial score (nSPS) is 17.0. The molecule has 1 heterocycles. The zero-order chi connectivity index (χ0) is 27.3. The van der Waals surface area contributed by atoms with Crippen LogP contribution in [-0.2, 0) is 9.59 Å². The lowest BCUT2D eigenvalue weighted by Gasteiger charge is -2.27. The molecule has 2 aromatic rings. The molecule has 1 amide bonds. The first-order valence-corrected chi connectivity index (χ1v) is 12.1. The van der Waals surface area contributed by atoms with Gasteiger partial charge in [-0.3, -0.25) is 9.59 Å². The smallest absolute Gasteiger partial charge is 0.295 e. The lowest BCUT2D eigenvalue weighted by Crippen LogP contribution is -2.32. The topological polar surface area (TPSA) is 97.8 Å². The van der Waals surface area contributed by atoms with Gasteiger partial charge in [0.05, 0.1) is 39.0 Å². The molecule has 0 aromatic heterocycles. The van der Waals surface area contributed by atoms with E-state index in [1.807, 2.05) is 32.8 Å². The Morgan fingerprint density at radius 3 is 2.08 bits per heavy atom. The van der Waals surface area contributed by atoms with E-state index in [4.69, 9.17) is 18.9 Å². The number of aliphatic hydroxyl groups is 1. The maximum Gasteiger partial charge on any atom is 0.295 e. The number of ketones is 1. The van der Waals surface area contributed by atoms with Crippen LogP contribution in [0.2, 0.25) is 0 Å². The minimum Gasteiger partial charge on any atom is -0.507 e. The lowest BCUT2D eigenvalue weighted by atomic mass is 9.94. The van der Waals surface area contributed by atoms with Gasteiger partial charge in [-0.15, -0.1) is 0 Å². The predicted molar refractivity (Wildman–Crippen MR) is 140 cm³/mol. The van der Waals surface area contributed by atoms with Crippen LogP contribution in [0.15, 0.2) is 42.0 Å². The number of nitrogens with zero attached hydrogens (tertiary/aromatic N) is 2. The highest BCUT2D eigenvalue weighted by Gasteiger charge is 2.46. The Morgan fingerprint density at radius 1 is 1.00 bits per heavy atom. The van der Waals surface area contributed by atoms with Crippen LogP contribution in [0.1, 0.15) is 37.4 Å². The number of aliphatic hydroxyl groups excluding tert-OH is 1. The lowest BCUT2D eigenvalue weighted by molar-refractivity contribution is -0.139. The van der Waals surface area contributed by atoms with Crippen LogP contribution < -0.4 is 18.9 Å². The molecule has 1 unspecified atom stereocenters. The average Bonchev–Trinajstić information content (AvgIpc) is 3.12. The van der Waals surface area contributed by atoms with E-state index < -0.39 is 17.7 Å². The molecule has 200 valence electrons. The van der Waals surface area contributed by atoms with Crippen molar-refractivity contribution in [1.29, 1.82) is 0 Å². The van der Waals surface area contributed by atoms with Gasteiger partial charge < -0.3 is 33.9 Å². The maximum absolute atomic E-state index is 13.3. The van der Waals surface area contributed by atoms with Crippen molar-refractivity contribution in [3.63, 3.8) is 0 Å². The van der Waals surface area contributed by atoms with Crippen LogP contribution in [0.3, 0.4) is 0 Å². The summed E-state index contributed by atoms with van der Waals surface area (Å²) in [4.78, 5) is 30.1. The Bertz CT molecular complexity index is 1130. The van der Waals surface area contributed by atoms with Gasteiger partial charge >= 0.3 is 0 Å². The van der Waals surface area contributed by atoms with Crippen LogP contribution in [0.5, 0.6) is 23.0 Å². The highest BCUT2D eigenvalue weighted by Crippen LogP contribution is 2.45.